The maximum atomic E-state index is 6.03. The summed E-state index contributed by atoms with van der Waals surface area (Å²) in [5, 5.41) is 0.499. The SMILES string of the molecule is Cc1cc(CN)cc(C)c1Oc1ccncc1Cl. The van der Waals surface area contributed by atoms with Gasteiger partial charge in [-0.25, -0.2) is 0 Å². The molecule has 3 nitrogen and oxygen atoms in total. The van der Waals surface area contributed by atoms with Crippen LogP contribution in [0.5, 0.6) is 11.5 Å². The molecule has 0 unspecified atom stereocenters. The molecule has 2 aromatic rings. The molecule has 0 aliphatic carbocycles. The minimum Gasteiger partial charge on any atom is -0.455 e. The van der Waals surface area contributed by atoms with E-state index in [0.717, 1.165) is 22.4 Å². The van der Waals surface area contributed by atoms with Gasteiger partial charge in [0.1, 0.15) is 16.5 Å². The maximum Gasteiger partial charge on any atom is 0.149 e. The van der Waals surface area contributed by atoms with Gasteiger partial charge in [-0.05, 0) is 30.5 Å². The molecule has 0 radical (unpaired) electrons. The van der Waals surface area contributed by atoms with Crippen LogP contribution < -0.4 is 10.5 Å². The summed E-state index contributed by atoms with van der Waals surface area (Å²) in [7, 11) is 0. The number of nitrogens with zero attached hydrogens (tertiary/aromatic N) is 1. The molecule has 2 N–H and O–H groups in total. The lowest BCUT2D eigenvalue weighted by Gasteiger charge is -2.14. The summed E-state index contributed by atoms with van der Waals surface area (Å²) in [5.74, 6) is 1.43. The smallest absolute Gasteiger partial charge is 0.149 e. The fourth-order valence-electron chi connectivity index (χ4n) is 1.87. The Morgan fingerprint density at radius 2 is 1.94 bits per heavy atom. The van der Waals surface area contributed by atoms with E-state index >= 15 is 0 Å². The van der Waals surface area contributed by atoms with Crippen LogP contribution in [-0.2, 0) is 6.54 Å². The zero-order chi connectivity index (χ0) is 13.1. The molecule has 2 rings (SSSR count). The van der Waals surface area contributed by atoms with Crippen LogP contribution in [0.3, 0.4) is 0 Å². The molecule has 0 fully saturated rings. The van der Waals surface area contributed by atoms with Crippen molar-refractivity contribution >= 4 is 11.6 Å². The highest BCUT2D eigenvalue weighted by Crippen LogP contribution is 2.33. The lowest BCUT2D eigenvalue weighted by molar-refractivity contribution is 0.474. The molecule has 4 heteroatoms. The van der Waals surface area contributed by atoms with Crippen LogP contribution in [0.4, 0.5) is 0 Å². The average molecular weight is 263 g/mol. The van der Waals surface area contributed by atoms with Gasteiger partial charge in [-0.3, -0.25) is 4.98 Å². The van der Waals surface area contributed by atoms with E-state index < -0.39 is 0 Å². The van der Waals surface area contributed by atoms with E-state index in [2.05, 4.69) is 4.98 Å². The predicted molar refractivity (Wildman–Crippen MR) is 73.1 cm³/mol. The Kier molecular flexibility index (Phi) is 3.84. The summed E-state index contributed by atoms with van der Waals surface area (Å²) >= 11 is 6.03. The summed E-state index contributed by atoms with van der Waals surface area (Å²) in [4.78, 5) is 3.93. The van der Waals surface area contributed by atoms with E-state index in [1.165, 1.54) is 0 Å². The molecule has 0 bridgehead atoms. The van der Waals surface area contributed by atoms with Crippen molar-refractivity contribution in [2.24, 2.45) is 5.73 Å². The van der Waals surface area contributed by atoms with E-state index in [9.17, 15) is 0 Å². The number of aromatic nitrogens is 1. The van der Waals surface area contributed by atoms with Gasteiger partial charge >= 0.3 is 0 Å². The number of hydrogen-bond acceptors (Lipinski definition) is 3. The normalized spacial score (nSPS) is 10.4. The Bertz CT molecular complexity index is 546. The molecule has 0 amide bonds. The molecule has 0 aliphatic rings. The Balaban J connectivity index is 2.38. The first-order valence-electron chi connectivity index (χ1n) is 5.69. The molecule has 0 spiro atoms. The van der Waals surface area contributed by atoms with E-state index in [4.69, 9.17) is 22.1 Å². The van der Waals surface area contributed by atoms with Crippen LogP contribution >= 0.6 is 11.6 Å². The quantitative estimate of drug-likeness (QED) is 0.919. The van der Waals surface area contributed by atoms with Crippen molar-refractivity contribution in [1.29, 1.82) is 0 Å². The van der Waals surface area contributed by atoms with Crippen molar-refractivity contribution < 1.29 is 4.74 Å². The van der Waals surface area contributed by atoms with Gasteiger partial charge < -0.3 is 10.5 Å². The first-order valence-corrected chi connectivity index (χ1v) is 6.07. The van der Waals surface area contributed by atoms with Gasteiger partial charge in [-0.2, -0.15) is 0 Å². The molecule has 0 saturated carbocycles. The highest BCUT2D eigenvalue weighted by atomic mass is 35.5. The fourth-order valence-corrected chi connectivity index (χ4v) is 2.03. The molecule has 0 saturated heterocycles. The van der Waals surface area contributed by atoms with Crippen LogP contribution in [0.1, 0.15) is 16.7 Å². The van der Waals surface area contributed by atoms with Crippen LogP contribution in [0.25, 0.3) is 0 Å². The second-order valence-corrected chi connectivity index (χ2v) is 4.58. The lowest BCUT2D eigenvalue weighted by atomic mass is 10.1. The Hall–Kier alpha value is -1.58. The van der Waals surface area contributed by atoms with Crippen LogP contribution in [0.15, 0.2) is 30.6 Å². The van der Waals surface area contributed by atoms with Gasteiger partial charge in [-0.15, -0.1) is 0 Å². The average Bonchev–Trinajstić information content (AvgIpc) is 2.35. The summed E-state index contributed by atoms with van der Waals surface area (Å²) in [6.45, 7) is 4.52. The summed E-state index contributed by atoms with van der Waals surface area (Å²) in [6.07, 6.45) is 3.22. The third-order valence-electron chi connectivity index (χ3n) is 2.70. The molecule has 0 aliphatic heterocycles. The molecular formula is C14H15ClN2O. The number of aryl methyl sites for hydroxylation is 2. The van der Waals surface area contributed by atoms with Gasteiger partial charge in [0, 0.05) is 25.0 Å². The number of hydrogen-bond donors (Lipinski definition) is 1. The van der Waals surface area contributed by atoms with E-state index in [1.807, 2.05) is 26.0 Å². The summed E-state index contributed by atoms with van der Waals surface area (Å²) in [5.41, 5.74) is 8.83. The van der Waals surface area contributed by atoms with Crippen LogP contribution in [-0.4, -0.2) is 4.98 Å². The maximum absolute atomic E-state index is 6.03. The van der Waals surface area contributed by atoms with Gasteiger partial charge in [0.05, 0.1) is 0 Å². The van der Waals surface area contributed by atoms with Gasteiger partial charge in [0.2, 0.25) is 0 Å². The molecule has 1 aromatic carbocycles. The minimum absolute atomic E-state index is 0.499. The molecule has 18 heavy (non-hydrogen) atoms. The molecular weight excluding hydrogens is 248 g/mol. The predicted octanol–water partition coefficient (Wildman–Crippen LogP) is 3.60. The first kappa shape index (κ1) is 12.9. The standard InChI is InChI=1S/C14H15ClN2O/c1-9-5-11(7-16)6-10(2)14(9)18-13-3-4-17-8-12(13)15/h3-6,8H,7,16H2,1-2H3. The van der Waals surface area contributed by atoms with E-state index in [1.54, 1.807) is 18.5 Å². The van der Waals surface area contributed by atoms with Crippen molar-refractivity contribution in [2.45, 2.75) is 20.4 Å². The second-order valence-electron chi connectivity index (χ2n) is 4.17. The van der Waals surface area contributed by atoms with Crippen molar-refractivity contribution in [2.75, 3.05) is 0 Å². The molecule has 1 heterocycles. The summed E-state index contributed by atoms with van der Waals surface area (Å²) in [6, 6.07) is 5.80. The number of ether oxygens (including phenoxy) is 1. The van der Waals surface area contributed by atoms with Gasteiger partial charge in [-0.1, -0.05) is 23.7 Å². The van der Waals surface area contributed by atoms with Crippen molar-refractivity contribution in [3.05, 3.63) is 52.3 Å². The Labute approximate surface area is 112 Å². The van der Waals surface area contributed by atoms with Crippen LogP contribution in [0.2, 0.25) is 5.02 Å². The highest BCUT2D eigenvalue weighted by molar-refractivity contribution is 6.31. The largest absolute Gasteiger partial charge is 0.455 e. The lowest BCUT2D eigenvalue weighted by Crippen LogP contribution is -1.99. The first-order chi connectivity index (χ1) is 8.61. The summed E-state index contributed by atoms with van der Waals surface area (Å²) < 4.78 is 5.86. The number of halogens is 1. The molecule has 0 atom stereocenters. The Morgan fingerprint density at radius 1 is 1.28 bits per heavy atom. The third-order valence-corrected chi connectivity index (χ3v) is 2.99. The minimum atomic E-state index is 0.499. The Morgan fingerprint density at radius 3 is 2.50 bits per heavy atom. The number of rotatable bonds is 3. The second kappa shape index (κ2) is 5.38. The number of pyridine rings is 1. The van der Waals surface area contributed by atoms with Crippen molar-refractivity contribution in [3.8, 4) is 11.5 Å². The molecule has 1 aromatic heterocycles. The zero-order valence-electron chi connectivity index (χ0n) is 10.4. The van der Waals surface area contributed by atoms with Gasteiger partial charge in [0.25, 0.3) is 0 Å². The third kappa shape index (κ3) is 2.63. The van der Waals surface area contributed by atoms with Gasteiger partial charge in [0.15, 0.2) is 0 Å². The van der Waals surface area contributed by atoms with Crippen molar-refractivity contribution in [3.63, 3.8) is 0 Å². The number of benzene rings is 1. The van der Waals surface area contributed by atoms with E-state index in [0.29, 0.717) is 17.3 Å². The molecule has 94 valence electrons. The van der Waals surface area contributed by atoms with E-state index in [-0.39, 0.29) is 0 Å². The zero-order valence-corrected chi connectivity index (χ0v) is 11.2. The monoisotopic (exact) mass is 262 g/mol. The van der Waals surface area contributed by atoms with Crippen LogP contribution in [0, 0.1) is 13.8 Å². The highest BCUT2D eigenvalue weighted by Gasteiger charge is 2.09. The van der Waals surface area contributed by atoms with Crippen molar-refractivity contribution in [1.82, 2.24) is 4.98 Å². The number of nitrogens with two attached hydrogens (primary N) is 1. The topological polar surface area (TPSA) is 48.1 Å². The fraction of sp³-hybridized carbons (Fsp3) is 0.214.